The molecular weight excluding hydrogens is 310 g/mol. The summed E-state index contributed by atoms with van der Waals surface area (Å²) in [7, 11) is 0. The zero-order chi connectivity index (χ0) is 17.2. The fraction of sp³-hybridized carbons (Fsp3) is 0.429. The number of amides is 1. The third-order valence-electron chi connectivity index (χ3n) is 5.68. The quantitative estimate of drug-likeness (QED) is 0.917. The molecule has 0 unspecified atom stereocenters. The van der Waals surface area contributed by atoms with Crippen LogP contribution in [-0.2, 0) is 0 Å². The lowest BCUT2D eigenvalue weighted by atomic mass is 9.92. The lowest BCUT2D eigenvalue weighted by Gasteiger charge is -2.21. The summed E-state index contributed by atoms with van der Waals surface area (Å²) in [6.07, 6.45) is 5.75. The minimum absolute atomic E-state index is 0.120. The highest BCUT2D eigenvalue weighted by Crippen LogP contribution is 2.28. The van der Waals surface area contributed by atoms with Crippen LogP contribution in [0.25, 0.3) is 11.1 Å². The van der Waals surface area contributed by atoms with Gasteiger partial charge in [0, 0.05) is 31.0 Å². The van der Waals surface area contributed by atoms with E-state index in [-0.39, 0.29) is 5.91 Å². The summed E-state index contributed by atoms with van der Waals surface area (Å²) in [6.45, 7) is 6.01. The van der Waals surface area contributed by atoms with Crippen molar-refractivity contribution in [2.75, 3.05) is 26.2 Å². The minimum Gasteiger partial charge on any atom is -0.339 e. The fourth-order valence-electron chi connectivity index (χ4n) is 4.06. The molecule has 2 fully saturated rings. The number of carbonyl (C=O) groups excluding carboxylic acids is 1. The third kappa shape index (κ3) is 3.45. The highest BCUT2D eigenvalue weighted by Gasteiger charge is 2.31. The minimum atomic E-state index is 0.120. The van der Waals surface area contributed by atoms with Crippen LogP contribution < -0.4 is 5.32 Å². The highest BCUT2D eigenvalue weighted by molar-refractivity contribution is 5.95. The SMILES string of the molecule is Cc1ccc(-c2cncc(C(=O)N3CC[C@@H]4CNC[C@@H]4CC3)c2)cc1. The first-order chi connectivity index (χ1) is 12.2. The van der Waals surface area contributed by atoms with Gasteiger partial charge in [0.25, 0.3) is 5.91 Å². The topological polar surface area (TPSA) is 45.2 Å². The zero-order valence-corrected chi connectivity index (χ0v) is 14.7. The maximum absolute atomic E-state index is 13.0. The number of pyridine rings is 1. The van der Waals surface area contributed by atoms with Gasteiger partial charge in [-0.15, -0.1) is 0 Å². The van der Waals surface area contributed by atoms with Crippen LogP contribution in [0.15, 0.2) is 42.7 Å². The molecule has 1 aromatic carbocycles. The van der Waals surface area contributed by atoms with Crippen LogP contribution in [0.2, 0.25) is 0 Å². The van der Waals surface area contributed by atoms with E-state index in [4.69, 9.17) is 0 Å². The van der Waals surface area contributed by atoms with Crippen LogP contribution in [0.3, 0.4) is 0 Å². The molecule has 1 amide bonds. The van der Waals surface area contributed by atoms with Gasteiger partial charge in [0.05, 0.1) is 5.56 Å². The molecule has 0 aliphatic carbocycles. The Morgan fingerprint density at radius 1 is 1.04 bits per heavy atom. The number of hydrogen-bond donors (Lipinski definition) is 1. The summed E-state index contributed by atoms with van der Waals surface area (Å²) in [6, 6.07) is 10.3. The smallest absolute Gasteiger partial charge is 0.255 e. The molecule has 0 spiro atoms. The van der Waals surface area contributed by atoms with Gasteiger partial charge in [0.15, 0.2) is 0 Å². The first-order valence-electron chi connectivity index (χ1n) is 9.23. The van der Waals surface area contributed by atoms with Crippen molar-refractivity contribution >= 4 is 5.91 Å². The highest BCUT2D eigenvalue weighted by atomic mass is 16.2. The first kappa shape index (κ1) is 16.3. The van der Waals surface area contributed by atoms with Gasteiger partial charge in [0.1, 0.15) is 0 Å². The number of hydrogen-bond acceptors (Lipinski definition) is 3. The van der Waals surface area contributed by atoms with Crippen molar-refractivity contribution < 1.29 is 4.79 Å². The molecule has 3 heterocycles. The second-order valence-corrected chi connectivity index (χ2v) is 7.38. The Bertz CT molecular complexity index is 742. The van der Waals surface area contributed by atoms with Gasteiger partial charge >= 0.3 is 0 Å². The Kier molecular flexibility index (Phi) is 4.53. The standard InChI is InChI=1S/C21H25N3O/c1-15-2-4-16(5-3-15)19-10-20(14-23-13-19)21(25)24-8-6-17-11-22-12-18(17)7-9-24/h2-5,10,13-14,17-18,22H,6-9,11-12H2,1H3/t17-,18+. The van der Waals surface area contributed by atoms with E-state index in [1.165, 1.54) is 5.56 Å². The molecule has 2 aromatic rings. The van der Waals surface area contributed by atoms with E-state index in [0.29, 0.717) is 5.56 Å². The maximum Gasteiger partial charge on any atom is 0.255 e. The lowest BCUT2D eigenvalue weighted by Crippen LogP contribution is -2.32. The second-order valence-electron chi connectivity index (χ2n) is 7.38. The summed E-state index contributed by atoms with van der Waals surface area (Å²) in [4.78, 5) is 19.3. The molecule has 0 bridgehead atoms. The van der Waals surface area contributed by atoms with E-state index in [0.717, 1.165) is 62.0 Å². The first-order valence-corrected chi connectivity index (χ1v) is 9.23. The number of benzene rings is 1. The van der Waals surface area contributed by atoms with Crippen molar-refractivity contribution in [3.63, 3.8) is 0 Å². The molecule has 0 saturated carbocycles. The van der Waals surface area contributed by atoms with Crippen molar-refractivity contribution in [1.82, 2.24) is 15.2 Å². The van der Waals surface area contributed by atoms with E-state index < -0.39 is 0 Å². The molecule has 4 heteroatoms. The fourth-order valence-corrected chi connectivity index (χ4v) is 4.06. The van der Waals surface area contributed by atoms with Gasteiger partial charge in [-0.1, -0.05) is 29.8 Å². The van der Waals surface area contributed by atoms with Gasteiger partial charge in [-0.3, -0.25) is 9.78 Å². The van der Waals surface area contributed by atoms with Gasteiger partial charge in [-0.25, -0.2) is 0 Å². The molecular formula is C21H25N3O. The molecule has 2 aliphatic rings. The van der Waals surface area contributed by atoms with E-state index in [2.05, 4.69) is 41.5 Å². The van der Waals surface area contributed by atoms with E-state index in [1.54, 1.807) is 6.20 Å². The van der Waals surface area contributed by atoms with Gasteiger partial charge in [0.2, 0.25) is 0 Å². The number of rotatable bonds is 2. The number of fused-ring (bicyclic) bond motifs is 1. The molecule has 0 radical (unpaired) electrons. The second kappa shape index (κ2) is 6.96. The number of likely N-dealkylation sites (tertiary alicyclic amines) is 1. The number of carbonyl (C=O) groups is 1. The molecule has 2 saturated heterocycles. The van der Waals surface area contributed by atoms with Crippen LogP contribution >= 0.6 is 0 Å². The molecule has 2 atom stereocenters. The van der Waals surface area contributed by atoms with Crippen LogP contribution in [0.5, 0.6) is 0 Å². The van der Waals surface area contributed by atoms with Crippen LogP contribution in [0, 0.1) is 18.8 Å². The number of nitrogens with one attached hydrogen (secondary N) is 1. The average Bonchev–Trinajstić information content (AvgIpc) is 3.00. The molecule has 4 nitrogen and oxygen atoms in total. The molecule has 4 rings (SSSR count). The average molecular weight is 335 g/mol. The Morgan fingerprint density at radius 3 is 2.40 bits per heavy atom. The summed E-state index contributed by atoms with van der Waals surface area (Å²) in [5.74, 6) is 1.58. The van der Waals surface area contributed by atoms with Crippen LogP contribution in [0.4, 0.5) is 0 Å². The van der Waals surface area contributed by atoms with Crippen molar-refractivity contribution in [1.29, 1.82) is 0 Å². The summed E-state index contributed by atoms with van der Waals surface area (Å²) in [5.41, 5.74) is 4.03. The van der Waals surface area contributed by atoms with E-state index in [1.807, 2.05) is 17.2 Å². The van der Waals surface area contributed by atoms with Gasteiger partial charge < -0.3 is 10.2 Å². The number of aromatic nitrogens is 1. The summed E-state index contributed by atoms with van der Waals surface area (Å²) < 4.78 is 0. The zero-order valence-electron chi connectivity index (χ0n) is 14.7. The molecule has 1 aromatic heterocycles. The van der Waals surface area contributed by atoms with Crippen molar-refractivity contribution in [3.05, 3.63) is 53.9 Å². The van der Waals surface area contributed by atoms with Crippen molar-refractivity contribution in [3.8, 4) is 11.1 Å². The van der Waals surface area contributed by atoms with Crippen LogP contribution in [-0.4, -0.2) is 42.0 Å². The predicted octanol–water partition coefficient (Wildman–Crippen LogP) is 3.13. The van der Waals surface area contributed by atoms with E-state index >= 15 is 0 Å². The number of nitrogens with zero attached hydrogens (tertiary/aromatic N) is 2. The number of aryl methyl sites for hydroxylation is 1. The van der Waals surface area contributed by atoms with E-state index in [9.17, 15) is 4.79 Å². The normalized spacial score (nSPS) is 23.2. The molecule has 25 heavy (non-hydrogen) atoms. The van der Waals surface area contributed by atoms with Crippen LogP contribution in [0.1, 0.15) is 28.8 Å². The third-order valence-corrected chi connectivity index (χ3v) is 5.68. The predicted molar refractivity (Wildman–Crippen MR) is 99.4 cm³/mol. The largest absolute Gasteiger partial charge is 0.339 e. The maximum atomic E-state index is 13.0. The Balaban J connectivity index is 1.52. The van der Waals surface area contributed by atoms with Crippen molar-refractivity contribution in [2.45, 2.75) is 19.8 Å². The Labute approximate surface area is 149 Å². The Morgan fingerprint density at radius 2 is 1.72 bits per heavy atom. The summed E-state index contributed by atoms with van der Waals surface area (Å²) in [5, 5.41) is 3.48. The molecule has 2 aliphatic heterocycles. The monoisotopic (exact) mass is 335 g/mol. The lowest BCUT2D eigenvalue weighted by molar-refractivity contribution is 0.0758. The Hall–Kier alpha value is -2.20. The van der Waals surface area contributed by atoms with Gasteiger partial charge in [-0.2, -0.15) is 0 Å². The van der Waals surface area contributed by atoms with Gasteiger partial charge in [-0.05, 0) is 56.3 Å². The van der Waals surface area contributed by atoms with Crippen molar-refractivity contribution in [2.24, 2.45) is 11.8 Å². The molecule has 130 valence electrons. The summed E-state index contributed by atoms with van der Waals surface area (Å²) >= 11 is 0. The molecule has 1 N–H and O–H groups in total.